The molecular formula is C26H29ClF2N2O5Si. The lowest BCUT2D eigenvalue weighted by molar-refractivity contribution is -0.114. The van der Waals surface area contributed by atoms with Crippen LogP contribution in [0.15, 0.2) is 76.4 Å². The number of aromatic nitrogens is 2. The molecule has 4 atom stereocenters. The number of ether oxygens (including phenoxy) is 2. The van der Waals surface area contributed by atoms with Crippen molar-refractivity contribution in [2.24, 2.45) is 0 Å². The Morgan fingerprint density at radius 3 is 2.14 bits per heavy atom. The van der Waals surface area contributed by atoms with Crippen LogP contribution < -0.4 is 21.6 Å². The highest BCUT2D eigenvalue weighted by molar-refractivity contribution is 6.87. The van der Waals surface area contributed by atoms with E-state index in [0.29, 0.717) is 0 Å². The normalized spacial score (nSPS) is 24.2. The fourth-order valence-corrected chi connectivity index (χ4v) is 9.24. The van der Waals surface area contributed by atoms with Gasteiger partial charge >= 0.3 is 5.69 Å². The van der Waals surface area contributed by atoms with Crippen LogP contribution in [0, 0.1) is 0 Å². The zero-order chi connectivity index (χ0) is 27.0. The van der Waals surface area contributed by atoms with Crippen LogP contribution in [0.2, 0.25) is 0 Å². The molecule has 4 rings (SSSR count). The topological polar surface area (TPSA) is 93.5 Å². The molecule has 0 saturated carbocycles. The van der Waals surface area contributed by atoms with E-state index < -0.39 is 60.6 Å². The Morgan fingerprint density at radius 2 is 1.65 bits per heavy atom. The van der Waals surface area contributed by atoms with Gasteiger partial charge in [-0.25, -0.2) is 13.6 Å². The summed E-state index contributed by atoms with van der Waals surface area (Å²) in [6, 6.07) is 18.4. The van der Waals surface area contributed by atoms with Crippen molar-refractivity contribution >= 4 is 30.8 Å². The number of aliphatic hydroxyl groups is 1. The molecule has 0 bridgehead atoms. The quantitative estimate of drug-likeness (QED) is 0.346. The highest BCUT2D eigenvalue weighted by atomic mass is 35.5. The summed E-state index contributed by atoms with van der Waals surface area (Å²) < 4.78 is 41.0. The first kappa shape index (κ1) is 27.4. The van der Waals surface area contributed by atoms with Crippen molar-refractivity contribution in [2.45, 2.75) is 55.7 Å². The van der Waals surface area contributed by atoms with E-state index in [1.807, 2.05) is 86.4 Å². The van der Waals surface area contributed by atoms with Gasteiger partial charge in [0.25, 0.3) is 12.0 Å². The Balaban J connectivity index is 2.02. The third kappa shape index (κ3) is 5.35. The molecule has 0 unspecified atom stereocenters. The molecular weight excluding hydrogens is 522 g/mol. The smallest absolute Gasteiger partial charge is 0.330 e. The molecule has 1 aliphatic heterocycles. The van der Waals surface area contributed by atoms with E-state index in [4.69, 9.17) is 21.1 Å². The second kappa shape index (κ2) is 10.6. The van der Waals surface area contributed by atoms with Crippen molar-refractivity contribution in [3.05, 3.63) is 93.3 Å². The number of halogens is 3. The predicted molar refractivity (Wildman–Crippen MR) is 140 cm³/mol. The van der Waals surface area contributed by atoms with Crippen LogP contribution >= 0.6 is 11.6 Å². The zero-order valence-electron chi connectivity index (χ0n) is 20.6. The summed E-state index contributed by atoms with van der Waals surface area (Å²) in [5, 5.41) is 9.83. The number of alkyl halides is 3. The number of nitrogens with zero attached hydrogens (tertiary/aromatic N) is 1. The summed E-state index contributed by atoms with van der Waals surface area (Å²) in [7, 11) is -2.84. The van der Waals surface area contributed by atoms with E-state index in [2.05, 4.69) is 0 Å². The minimum Gasteiger partial charge on any atom is -0.389 e. The molecule has 198 valence electrons. The fourth-order valence-electron chi connectivity index (χ4n) is 4.69. The second-order valence-corrected chi connectivity index (χ2v) is 13.5. The van der Waals surface area contributed by atoms with Gasteiger partial charge in [0.05, 0.1) is 17.8 Å². The monoisotopic (exact) mass is 550 g/mol. The van der Waals surface area contributed by atoms with Gasteiger partial charge < -0.3 is 14.6 Å². The third-order valence-corrected chi connectivity index (χ3v) is 10.8. The summed E-state index contributed by atoms with van der Waals surface area (Å²) >= 11 is 6.97. The van der Waals surface area contributed by atoms with Gasteiger partial charge in [0.2, 0.25) is 0 Å². The minimum atomic E-state index is -3.15. The van der Waals surface area contributed by atoms with Gasteiger partial charge in [-0.2, -0.15) is 0 Å². The molecule has 0 amide bonds. The Morgan fingerprint density at radius 1 is 1.11 bits per heavy atom. The van der Waals surface area contributed by atoms with Crippen LogP contribution in [0.1, 0.15) is 32.8 Å². The number of hydrogen-bond donors (Lipinski definition) is 2. The number of aromatic amines is 1. The van der Waals surface area contributed by atoms with E-state index in [1.54, 1.807) is 0 Å². The lowest BCUT2D eigenvalue weighted by Gasteiger charge is -2.40. The Hall–Kier alpha value is -2.63. The van der Waals surface area contributed by atoms with Gasteiger partial charge in [-0.05, 0) is 20.8 Å². The van der Waals surface area contributed by atoms with Crippen molar-refractivity contribution < 1.29 is 23.4 Å². The van der Waals surface area contributed by atoms with Gasteiger partial charge in [-0.1, -0.05) is 71.0 Å². The van der Waals surface area contributed by atoms with Crippen molar-refractivity contribution in [1.29, 1.82) is 0 Å². The molecule has 2 aromatic carbocycles. The van der Waals surface area contributed by atoms with E-state index >= 15 is 0 Å². The van der Waals surface area contributed by atoms with Crippen molar-refractivity contribution in [2.75, 3.05) is 6.61 Å². The summed E-state index contributed by atoms with van der Waals surface area (Å²) in [4.78, 5) is 27.5. The molecule has 2 heterocycles. The lowest BCUT2D eigenvalue weighted by Crippen LogP contribution is -2.67. The molecule has 1 aliphatic rings. The van der Waals surface area contributed by atoms with E-state index in [0.717, 1.165) is 21.1 Å². The zero-order valence-corrected chi connectivity index (χ0v) is 22.5. The maximum atomic E-state index is 13.8. The highest BCUT2D eigenvalue weighted by Crippen LogP contribution is 2.41. The average molecular weight is 551 g/mol. The molecule has 7 nitrogen and oxygen atoms in total. The molecule has 1 aromatic heterocycles. The summed E-state index contributed by atoms with van der Waals surface area (Å²) in [6.45, 7) is 5.46. The maximum Gasteiger partial charge on any atom is 0.330 e. The predicted octanol–water partition coefficient (Wildman–Crippen LogP) is 1.89. The first-order chi connectivity index (χ1) is 17.5. The maximum absolute atomic E-state index is 13.8. The number of H-pyrrole nitrogens is 1. The Bertz CT molecular complexity index is 1290. The van der Waals surface area contributed by atoms with Gasteiger partial charge in [0, 0.05) is 6.20 Å². The van der Waals surface area contributed by atoms with Crippen molar-refractivity contribution in [1.82, 2.24) is 9.55 Å². The molecule has 2 N–H and O–H groups in total. The van der Waals surface area contributed by atoms with Gasteiger partial charge in [0.1, 0.15) is 17.6 Å². The molecule has 3 aromatic rings. The van der Waals surface area contributed by atoms with Crippen LogP contribution in [0.3, 0.4) is 0 Å². The third-order valence-electron chi connectivity index (χ3n) is 6.36. The van der Waals surface area contributed by atoms with Crippen LogP contribution in [0.4, 0.5) is 8.78 Å². The Labute approximate surface area is 219 Å². The fraction of sp³-hybridized carbons (Fsp3) is 0.385. The molecule has 0 radical (unpaired) electrons. The van der Waals surface area contributed by atoms with Gasteiger partial charge in [-0.3, -0.25) is 14.3 Å². The number of nitrogens with one attached hydrogen (secondary N) is 1. The highest BCUT2D eigenvalue weighted by Gasteiger charge is 2.61. The summed E-state index contributed by atoms with van der Waals surface area (Å²) in [5.41, 5.74) is -3.62. The first-order valence-corrected chi connectivity index (χ1v) is 14.0. The molecule has 11 heteroatoms. The number of benzene rings is 2. The van der Waals surface area contributed by atoms with E-state index in [-0.39, 0.29) is 6.61 Å². The largest absolute Gasteiger partial charge is 0.389 e. The second-order valence-electron chi connectivity index (χ2n) is 9.99. The molecule has 37 heavy (non-hydrogen) atoms. The SMILES string of the molecule is CC(C)(C)OC[C@H]1O[C@](n2cc(C(F)F)c(=O)[nH]c2=O)([SiH](c2ccccc2)c2ccccc2)[C@H](Cl)[C@@H]1O. The van der Waals surface area contributed by atoms with Crippen LogP contribution in [-0.4, -0.2) is 53.2 Å². The van der Waals surface area contributed by atoms with Crippen LogP contribution in [0.25, 0.3) is 0 Å². The molecule has 1 fully saturated rings. The number of rotatable bonds is 7. The lowest BCUT2D eigenvalue weighted by atomic mass is 10.1. The molecule has 0 aliphatic carbocycles. The number of hydrogen-bond acceptors (Lipinski definition) is 5. The van der Waals surface area contributed by atoms with Crippen molar-refractivity contribution in [3.8, 4) is 0 Å². The summed E-state index contributed by atoms with van der Waals surface area (Å²) in [5.74, 6) is 0. The summed E-state index contributed by atoms with van der Waals surface area (Å²) in [6.07, 6.45) is -4.62. The molecule has 1 saturated heterocycles. The van der Waals surface area contributed by atoms with Gasteiger partial charge in [0.15, 0.2) is 14.1 Å². The minimum absolute atomic E-state index is 0.0554. The standard InChI is InChI=1S/C26H29ClF2N2O5Si/c1-25(2,3)35-15-19-20(32)21(27)26(36-19,31-14-18(22(28)29)23(33)30-24(31)34)37(16-10-6-4-7-11-16)17-12-8-5-9-13-17/h4-14,19-22,32,37H,15H2,1-3H3,(H,30,33,34)/t19-,20-,21-,26+/m1/s1. The van der Waals surface area contributed by atoms with Crippen LogP contribution in [-0.2, 0) is 14.8 Å². The Kier molecular flexibility index (Phi) is 7.87. The first-order valence-electron chi connectivity index (χ1n) is 11.8. The molecule has 0 spiro atoms. The van der Waals surface area contributed by atoms with E-state index in [9.17, 15) is 23.5 Å². The average Bonchev–Trinajstić information content (AvgIpc) is 3.09. The van der Waals surface area contributed by atoms with Gasteiger partial charge in [-0.15, -0.1) is 11.6 Å². The van der Waals surface area contributed by atoms with Crippen LogP contribution in [0.5, 0.6) is 0 Å². The van der Waals surface area contributed by atoms with Crippen molar-refractivity contribution in [3.63, 3.8) is 0 Å². The van der Waals surface area contributed by atoms with E-state index in [1.165, 1.54) is 0 Å². The number of aliphatic hydroxyl groups excluding tert-OH is 1.